The third-order valence-electron chi connectivity index (χ3n) is 4.40. The number of nitrogens with zero attached hydrogens (tertiary/aromatic N) is 1. The molecule has 0 aromatic carbocycles. The summed E-state index contributed by atoms with van der Waals surface area (Å²) in [4.78, 5) is 27.0. The van der Waals surface area contributed by atoms with Crippen molar-refractivity contribution in [1.82, 2.24) is 10.2 Å². The Morgan fingerprint density at radius 2 is 2.05 bits per heavy atom. The Balaban J connectivity index is 2.19. The van der Waals surface area contributed by atoms with Crippen LogP contribution in [-0.2, 0) is 14.3 Å². The van der Waals surface area contributed by atoms with Crippen LogP contribution in [0.5, 0.6) is 0 Å². The van der Waals surface area contributed by atoms with Crippen molar-refractivity contribution >= 4 is 11.8 Å². The average Bonchev–Trinajstić information content (AvgIpc) is 3.19. The molecule has 1 aliphatic heterocycles. The first kappa shape index (κ1) is 15.3. The predicted octanol–water partition coefficient (Wildman–Crippen LogP) is 1.17. The highest BCUT2D eigenvalue weighted by Gasteiger charge is 2.55. The molecule has 2 rings (SSSR count). The van der Waals surface area contributed by atoms with Gasteiger partial charge in [0.2, 0.25) is 11.8 Å². The van der Waals surface area contributed by atoms with E-state index in [1.54, 1.807) is 4.90 Å². The minimum Gasteiger partial charge on any atom is -0.380 e. The van der Waals surface area contributed by atoms with Crippen LogP contribution in [-0.4, -0.2) is 48.1 Å². The summed E-state index contributed by atoms with van der Waals surface area (Å²) in [6, 6.07) is -0.380. The number of hydrogen-bond acceptors (Lipinski definition) is 3. The molecule has 5 heteroatoms. The van der Waals surface area contributed by atoms with E-state index in [1.807, 2.05) is 27.7 Å². The molecule has 0 bridgehead atoms. The molecule has 2 amide bonds. The average molecular weight is 282 g/mol. The first-order valence-electron chi connectivity index (χ1n) is 7.62. The van der Waals surface area contributed by atoms with Crippen molar-refractivity contribution in [2.24, 2.45) is 11.8 Å². The van der Waals surface area contributed by atoms with Crippen molar-refractivity contribution in [2.45, 2.75) is 52.1 Å². The number of carbonyl (C=O) groups excluding carboxylic acids is 2. The number of hydrogen-bond donors (Lipinski definition) is 1. The van der Waals surface area contributed by atoms with E-state index in [0.29, 0.717) is 25.7 Å². The Morgan fingerprint density at radius 1 is 1.40 bits per heavy atom. The van der Waals surface area contributed by atoms with Gasteiger partial charge in [0.1, 0.15) is 11.6 Å². The van der Waals surface area contributed by atoms with Gasteiger partial charge < -0.3 is 15.0 Å². The summed E-state index contributed by atoms with van der Waals surface area (Å²) >= 11 is 0. The van der Waals surface area contributed by atoms with Crippen LogP contribution in [0.4, 0.5) is 0 Å². The maximum Gasteiger partial charge on any atom is 0.249 e. The van der Waals surface area contributed by atoms with Gasteiger partial charge in [0.15, 0.2) is 0 Å². The van der Waals surface area contributed by atoms with E-state index in [0.717, 1.165) is 12.8 Å². The number of rotatable bonds is 6. The Morgan fingerprint density at radius 3 is 2.55 bits per heavy atom. The second kappa shape index (κ2) is 5.72. The van der Waals surface area contributed by atoms with Gasteiger partial charge in [0.05, 0.1) is 6.61 Å². The summed E-state index contributed by atoms with van der Waals surface area (Å²) in [5.41, 5.74) is -0.714. The molecule has 2 unspecified atom stereocenters. The first-order valence-corrected chi connectivity index (χ1v) is 7.62. The zero-order valence-corrected chi connectivity index (χ0v) is 12.9. The monoisotopic (exact) mass is 282 g/mol. The van der Waals surface area contributed by atoms with E-state index < -0.39 is 5.54 Å². The van der Waals surface area contributed by atoms with E-state index in [2.05, 4.69) is 5.32 Å². The van der Waals surface area contributed by atoms with E-state index >= 15 is 0 Å². The Kier molecular flexibility index (Phi) is 4.37. The molecule has 0 aromatic heterocycles. The van der Waals surface area contributed by atoms with Crippen molar-refractivity contribution in [1.29, 1.82) is 0 Å². The van der Waals surface area contributed by atoms with Gasteiger partial charge in [-0.1, -0.05) is 13.8 Å². The summed E-state index contributed by atoms with van der Waals surface area (Å²) in [5.74, 6) is 0.425. The Labute approximate surface area is 121 Å². The SMILES string of the molecule is CCOCCN1C(=O)C(C)(C2CC2)NC(=O)C1C(C)C. The molecule has 0 radical (unpaired) electrons. The molecular formula is C15H26N2O3. The topological polar surface area (TPSA) is 58.6 Å². The van der Waals surface area contributed by atoms with Gasteiger partial charge in [0, 0.05) is 13.2 Å². The molecule has 0 spiro atoms. The van der Waals surface area contributed by atoms with Crippen LogP contribution in [0, 0.1) is 11.8 Å². The fourth-order valence-electron chi connectivity index (χ4n) is 3.10. The molecule has 2 fully saturated rings. The Bertz CT molecular complexity index is 393. The second-order valence-electron chi connectivity index (χ2n) is 6.35. The molecule has 1 saturated carbocycles. The lowest BCUT2D eigenvalue weighted by Gasteiger charge is -2.46. The van der Waals surface area contributed by atoms with Gasteiger partial charge in [-0.2, -0.15) is 0 Å². The summed E-state index contributed by atoms with van der Waals surface area (Å²) in [7, 11) is 0. The third kappa shape index (κ3) is 2.68. The fraction of sp³-hybridized carbons (Fsp3) is 0.867. The minimum atomic E-state index is -0.714. The van der Waals surface area contributed by atoms with Crippen LogP contribution in [0.2, 0.25) is 0 Å². The highest BCUT2D eigenvalue weighted by Crippen LogP contribution is 2.42. The first-order chi connectivity index (χ1) is 9.41. The second-order valence-corrected chi connectivity index (χ2v) is 6.35. The van der Waals surface area contributed by atoms with Gasteiger partial charge in [-0.05, 0) is 38.5 Å². The van der Waals surface area contributed by atoms with E-state index in [9.17, 15) is 9.59 Å². The highest BCUT2D eigenvalue weighted by atomic mass is 16.5. The normalized spacial score (nSPS) is 30.9. The molecular weight excluding hydrogens is 256 g/mol. The molecule has 114 valence electrons. The number of carbonyl (C=O) groups is 2. The van der Waals surface area contributed by atoms with Crippen LogP contribution < -0.4 is 5.32 Å². The van der Waals surface area contributed by atoms with Crippen molar-refractivity contribution in [3.63, 3.8) is 0 Å². The number of amides is 2. The summed E-state index contributed by atoms with van der Waals surface area (Å²) in [6.07, 6.45) is 2.04. The van der Waals surface area contributed by atoms with Gasteiger partial charge in [-0.25, -0.2) is 0 Å². The lowest BCUT2D eigenvalue weighted by molar-refractivity contribution is -0.158. The van der Waals surface area contributed by atoms with Crippen LogP contribution in [0.1, 0.15) is 40.5 Å². The molecule has 1 heterocycles. The number of ether oxygens (including phenoxy) is 1. The smallest absolute Gasteiger partial charge is 0.249 e. The van der Waals surface area contributed by atoms with Gasteiger partial charge in [-0.15, -0.1) is 0 Å². The van der Waals surface area contributed by atoms with Crippen molar-refractivity contribution < 1.29 is 14.3 Å². The summed E-state index contributed by atoms with van der Waals surface area (Å²) in [5, 5.41) is 2.99. The molecule has 1 aliphatic carbocycles. The maximum absolute atomic E-state index is 12.8. The van der Waals surface area contributed by atoms with Crippen LogP contribution in [0.15, 0.2) is 0 Å². The lowest BCUT2D eigenvalue weighted by Crippen LogP contribution is -2.71. The predicted molar refractivity (Wildman–Crippen MR) is 76.1 cm³/mol. The molecule has 20 heavy (non-hydrogen) atoms. The number of piperazine rings is 1. The van der Waals surface area contributed by atoms with Crippen molar-refractivity contribution in [3.05, 3.63) is 0 Å². The molecule has 0 aromatic rings. The quantitative estimate of drug-likeness (QED) is 0.744. The van der Waals surface area contributed by atoms with E-state index in [4.69, 9.17) is 4.74 Å². The third-order valence-corrected chi connectivity index (χ3v) is 4.40. The number of nitrogens with one attached hydrogen (secondary N) is 1. The van der Waals surface area contributed by atoms with E-state index in [-0.39, 0.29) is 23.8 Å². The zero-order chi connectivity index (χ0) is 14.9. The van der Waals surface area contributed by atoms with Crippen LogP contribution in [0.3, 0.4) is 0 Å². The van der Waals surface area contributed by atoms with Gasteiger partial charge in [-0.3, -0.25) is 9.59 Å². The van der Waals surface area contributed by atoms with Crippen LogP contribution in [0.25, 0.3) is 0 Å². The highest BCUT2D eigenvalue weighted by molar-refractivity contribution is 6.00. The molecule has 1 N–H and O–H groups in total. The van der Waals surface area contributed by atoms with Crippen molar-refractivity contribution in [2.75, 3.05) is 19.8 Å². The fourth-order valence-corrected chi connectivity index (χ4v) is 3.10. The lowest BCUT2D eigenvalue weighted by atomic mass is 9.86. The molecule has 2 aliphatic rings. The molecule has 2 atom stereocenters. The Hall–Kier alpha value is -1.10. The standard InChI is InChI=1S/C15H26N2O3/c1-5-20-9-8-17-12(10(2)3)13(18)16-15(4,14(17)19)11-6-7-11/h10-12H,5-9H2,1-4H3,(H,16,18). The van der Waals surface area contributed by atoms with Crippen LogP contribution >= 0.6 is 0 Å². The summed E-state index contributed by atoms with van der Waals surface area (Å²) in [6.45, 7) is 9.36. The molecule has 1 saturated heterocycles. The molecule has 5 nitrogen and oxygen atoms in total. The van der Waals surface area contributed by atoms with Gasteiger partial charge in [0.25, 0.3) is 0 Å². The zero-order valence-electron chi connectivity index (χ0n) is 12.9. The van der Waals surface area contributed by atoms with Crippen molar-refractivity contribution in [3.8, 4) is 0 Å². The summed E-state index contributed by atoms with van der Waals surface area (Å²) < 4.78 is 5.37. The largest absolute Gasteiger partial charge is 0.380 e. The maximum atomic E-state index is 12.8. The minimum absolute atomic E-state index is 0.0227. The van der Waals surface area contributed by atoms with Gasteiger partial charge >= 0.3 is 0 Å². The van der Waals surface area contributed by atoms with E-state index in [1.165, 1.54) is 0 Å².